The Labute approximate surface area is 223 Å². The number of urea groups is 1. The van der Waals surface area contributed by atoms with E-state index >= 15 is 0 Å². The largest absolute Gasteiger partial charge is 0.496 e. The Kier molecular flexibility index (Phi) is 7.70. The van der Waals surface area contributed by atoms with Crippen molar-refractivity contribution in [3.8, 4) is 28.4 Å². The van der Waals surface area contributed by atoms with Crippen molar-refractivity contribution in [2.45, 2.75) is 31.7 Å². The number of ether oxygens (including phenoxy) is 3. The molecule has 2 aliphatic heterocycles. The lowest BCUT2D eigenvalue weighted by molar-refractivity contribution is 0.115. The van der Waals surface area contributed by atoms with Crippen LogP contribution in [0.4, 0.5) is 4.79 Å². The van der Waals surface area contributed by atoms with E-state index in [9.17, 15) is 4.79 Å². The third kappa shape index (κ3) is 5.26. The molecule has 0 saturated carbocycles. The fourth-order valence-corrected chi connectivity index (χ4v) is 5.16. The number of hydrogen-bond donors (Lipinski definition) is 2. The van der Waals surface area contributed by atoms with Gasteiger partial charge in [-0.25, -0.2) is 9.80 Å². The maximum atomic E-state index is 13.5. The summed E-state index contributed by atoms with van der Waals surface area (Å²) in [6.45, 7) is 0.762. The Morgan fingerprint density at radius 1 is 0.895 bits per heavy atom. The van der Waals surface area contributed by atoms with Crippen LogP contribution in [0.15, 0.2) is 72.9 Å². The molecule has 3 aromatic carbocycles. The average Bonchev–Trinajstić information content (AvgIpc) is 3.47. The van der Waals surface area contributed by atoms with Gasteiger partial charge in [0.1, 0.15) is 17.2 Å². The number of carbonyl (C=O) groups is 1. The van der Waals surface area contributed by atoms with Gasteiger partial charge in [0.15, 0.2) is 0 Å². The quantitative estimate of drug-likeness (QED) is 0.450. The maximum absolute atomic E-state index is 13.5. The Balaban J connectivity index is 1.33. The molecule has 0 spiro atoms. The van der Waals surface area contributed by atoms with Crippen LogP contribution in [0, 0.1) is 0 Å². The zero-order valence-corrected chi connectivity index (χ0v) is 22.1. The van der Waals surface area contributed by atoms with E-state index in [1.165, 1.54) is 5.56 Å². The van der Waals surface area contributed by atoms with E-state index in [-0.39, 0.29) is 12.1 Å². The van der Waals surface area contributed by atoms with Gasteiger partial charge in [-0.15, -0.1) is 5.53 Å². The first kappa shape index (κ1) is 25.5. The van der Waals surface area contributed by atoms with Crippen molar-refractivity contribution in [1.82, 2.24) is 20.9 Å². The molecule has 2 heterocycles. The van der Waals surface area contributed by atoms with Crippen LogP contribution in [0.25, 0.3) is 16.8 Å². The molecule has 8 heteroatoms. The van der Waals surface area contributed by atoms with Crippen LogP contribution >= 0.6 is 0 Å². The van der Waals surface area contributed by atoms with E-state index in [1.807, 2.05) is 53.6 Å². The van der Waals surface area contributed by atoms with Gasteiger partial charge in [0.2, 0.25) is 0 Å². The normalized spacial score (nSPS) is 17.0. The number of methoxy groups -OCH3 is 3. The van der Waals surface area contributed by atoms with Crippen LogP contribution in [-0.2, 0) is 6.42 Å². The fraction of sp³-hybridized carbons (Fsp3) is 0.300. The molecule has 1 atom stereocenters. The van der Waals surface area contributed by atoms with Crippen molar-refractivity contribution in [1.29, 1.82) is 0 Å². The predicted octanol–water partition coefficient (Wildman–Crippen LogP) is 5.22. The standard InChI is InChI=1S/C30H34N4O4/c1-36-25-18-27(37-2)29(28(19-25)38-3)23-14-12-22(13-15-23)26-20-34(32-31-26)30(35)33-16-8-7-11-24(33)17-21-9-5-4-6-10-21/h4-6,9-10,12-15,18-20,24,31-32H,7-8,11,16-17H2,1-3H3. The molecule has 8 nitrogen and oxygen atoms in total. The van der Waals surface area contributed by atoms with Crippen LogP contribution in [0.2, 0.25) is 0 Å². The lowest BCUT2D eigenvalue weighted by atomic mass is 9.96. The lowest BCUT2D eigenvalue weighted by Crippen LogP contribution is -2.53. The summed E-state index contributed by atoms with van der Waals surface area (Å²) in [7, 11) is 4.87. The van der Waals surface area contributed by atoms with E-state index in [4.69, 9.17) is 14.2 Å². The zero-order valence-electron chi connectivity index (χ0n) is 22.1. The number of benzene rings is 3. The van der Waals surface area contributed by atoms with Gasteiger partial charge >= 0.3 is 6.03 Å². The molecule has 1 saturated heterocycles. The number of hydrazine groups is 2. The molecule has 2 aliphatic rings. The number of amides is 2. The Bertz CT molecular complexity index is 1270. The van der Waals surface area contributed by atoms with Crippen LogP contribution < -0.4 is 25.2 Å². The van der Waals surface area contributed by atoms with E-state index in [2.05, 4.69) is 35.2 Å². The van der Waals surface area contributed by atoms with E-state index in [0.717, 1.165) is 54.6 Å². The van der Waals surface area contributed by atoms with Gasteiger partial charge in [0, 0.05) is 30.3 Å². The number of nitrogens with zero attached hydrogens (tertiary/aromatic N) is 2. The van der Waals surface area contributed by atoms with Crippen LogP contribution in [0.3, 0.4) is 0 Å². The highest BCUT2D eigenvalue weighted by atomic mass is 16.5. The number of piperidine rings is 1. The average molecular weight is 515 g/mol. The van der Waals surface area contributed by atoms with Gasteiger partial charge in [-0.2, -0.15) is 0 Å². The molecule has 0 radical (unpaired) electrons. The van der Waals surface area contributed by atoms with Crippen LogP contribution in [-0.4, -0.2) is 49.9 Å². The second-order valence-corrected chi connectivity index (χ2v) is 9.45. The highest BCUT2D eigenvalue weighted by molar-refractivity contribution is 5.81. The van der Waals surface area contributed by atoms with E-state index < -0.39 is 0 Å². The van der Waals surface area contributed by atoms with Crippen molar-refractivity contribution >= 4 is 11.7 Å². The molecule has 38 heavy (non-hydrogen) atoms. The summed E-state index contributed by atoms with van der Waals surface area (Å²) in [5.74, 6) is 1.99. The third-order valence-corrected chi connectivity index (χ3v) is 7.16. The summed E-state index contributed by atoms with van der Waals surface area (Å²) in [6, 6.07) is 22.2. The molecule has 0 aliphatic carbocycles. The molecule has 3 aromatic rings. The topological polar surface area (TPSA) is 75.3 Å². The lowest BCUT2D eigenvalue weighted by Gasteiger charge is -2.37. The first-order chi connectivity index (χ1) is 18.6. The highest BCUT2D eigenvalue weighted by Gasteiger charge is 2.31. The fourth-order valence-electron chi connectivity index (χ4n) is 5.16. The van der Waals surface area contributed by atoms with Crippen molar-refractivity contribution in [3.05, 3.63) is 84.1 Å². The van der Waals surface area contributed by atoms with Crippen molar-refractivity contribution < 1.29 is 19.0 Å². The molecular weight excluding hydrogens is 480 g/mol. The second-order valence-electron chi connectivity index (χ2n) is 9.45. The Hall–Kier alpha value is -4.17. The van der Waals surface area contributed by atoms with Crippen LogP contribution in [0.5, 0.6) is 17.2 Å². The van der Waals surface area contributed by atoms with Crippen molar-refractivity contribution in [2.24, 2.45) is 0 Å². The minimum absolute atomic E-state index is 0.0440. The summed E-state index contributed by atoms with van der Waals surface area (Å²) in [5.41, 5.74) is 11.0. The number of likely N-dealkylation sites (tertiary alicyclic amines) is 1. The molecule has 198 valence electrons. The Morgan fingerprint density at radius 2 is 1.58 bits per heavy atom. The van der Waals surface area contributed by atoms with E-state index in [0.29, 0.717) is 17.2 Å². The first-order valence-corrected chi connectivity index (χ1v) is 12.9. The van der Waals surface area contributed by atoms with Gasteiger partial charge in [-0.3, -0.25) is 0 Å². The summed E-state index contributed by atoms with van der Waals surface area (Å²) in [4.78, 5) is 15.5. The monoisotopic (exact) mass is 514 g/mol. The number of hydrogen-bond acceptors (Lipinski definition) is 6. The predicted molar refractivity (Wildman–Crippen MR) is 148 cm³/mol. The molecule has 2 N–H and O–H groups in total. The molecule has 1 unspecified atom stereocenters. The van der Waals surface area contributed by atoms with Gasteiger partial charge in [-0.05, 0) is 36.8 Å². The highest BCUT2D eigenvalue weighted by Crippen LogP contribution is 2.42. The molecule has 2 amide bonds. The SMILES string of the molecule is COc1cc(OC)c(-c2ccc(C3=CN(C(=O)N4CCCCC4Cc4ccccc4)NN3)cc2)c(OC)c1. The van der Waals surface area contributed by atoms with Crippen molar-refractivity contribution in [2.75, 3.05) is 27.9 Å². The van der Waals surface area contributed by atoms with Gasteiger partial charge in [-0.1, -0.05) is 54.6 Å². The summed E-state index contributed by atoms with van der Waals surface area (Å²) in [6.07, 6.45) is 5.86. The Morgan fingerprint density at radius 3 is 2.24 bits per heavy atom. The van der Waals surface area contributed by atoms with Gasteiger partial charge in [0.05, 0.1) is 38.8 Å². The second kappa shape index (κ2) is 11.5. The smallest absolute Gasteiger partial charge is 0.340 e. The first-order valence-electron chi connectivity index (χ1n) is 12.9. The summed E-state index contributed by atoms with van der Waals surface area (Å²) < 4.78 is 16.6. The molecule has 1 fully saturated rings. The molecule has 0 aromatic heterocycles. The third-order valence-electron chi connectivity index (χ3n) is 7.16. The van der Waals surface area contributed by atoms with Gasteiger partial charge in [0.25, 0.3) is 0 Å². The molecule has 0 bridgehead atoms. The van der Waals surface area contributed by atoms with Crippen LogP contribution in [0.1, 0.15) is 30.4 Å². The number of nitrogens with one attached hydrogen (secondary N) is 2. The maximum Gasteiger partial charge on any atom is 0.340 e. The number of carbonyl (C=O) groups excluding carboxylic acids is 1. The summed E-state index contributed by atoms with van der Waals surface area (Å²) in [5, 5.41) is 1.54. The molecular formula is C30H34N4O4. The van der Waals surface area contributed by atoms with Gasteiger partial charge < -0.3 is 24.5 Å². The number of rotatable bonds is 7. The summed E-state index contributed by atoms with van der Waals surface area (Å²) >= 11 is 0. The van der Waals surface area contributed by atoms with E-state index in [1.54, 1.807) is 26.3 Å². The minimum atomic E-state index is -0.0440. The minimum Gasteiger partial charge on any atom is -0.496 e. The van der Waals surface area contributed by atoms with Crippen molar-refractivity contribution in [3.63, 3.8) is 0 Å². The zero-order chi connectivity index (χ0) is 26.5. The molecule has 5 rings (SSSR count).